The van der Waals surface area contributed by atoms with Gasteiger partial charge < -0.3 is 0 Å². The summed E-state index contributed by atoms with van der Waals surface area (Å²) in [5, 5.41) is 10.2. The van der Waals surface area contributed by atoms with Crippen LogP contribution in [0, 0.1) is 0 Å². The Labute approximate surface area is 233 Å². The van der Waals surface area contributed by atoms with Gasteiger partial charge in [-0.2, -0.15) is 0 Å². The van der Waals surface area contributed by atoms with Crippen molar-refractivity contribution in [1.82, 2.24) is 0 Å². The van der Waals surface area contributed by atoms with Crippen molar-refractivity contribution < 1.29 is 0 Å². The molecule has 186 valence electrons. The number of benzene rings is 8. The van der Waals surface area contributed by atoms with Gasteiger partial charge in [0.25, 0.3) is 0 Å². The van der Waals surface area contributed by atoms with E-state index in [0.717, 1.165) is 0 Å². The number of rotatable bonds is 3. The first kappa shape index (κ1) is 22.8. The monoisotopic (exact) mass is 506 g/mol. The van der Waals surface area contributed by atoms with Crippen LogP contribution in [0.2, 0.25) is 0 Å². The van der Waals surface area contributed by atoms with Crippen LogP contribution in [0.25, 0.3) is 76.5 Å². The maximum absolute atomic E-state index is 2.33. The Morgan fingerprint density at radius 2 is 0.575 bits per heavy atom. The van der Waals surface area contributed by atoms with E-state index < -0.39 is 0 Å². The smallest absolute Gasteiger partial charge is 0.00992 e. The highest BCUT2D eigenvalue weighted by atomic mass is 14.1. The lowest BCUT2D eigenvalue weighted by Gasteiger charge is -2.13. The second kappa shape index (κ2) is 9.22. The fraction of sp³-hybridized carbons (Fsp3) is 0. The Morgan fingerprint density at radius 1 is 0.225 bits per heavy atom. The molecule has 8 rings (SSSR count). The Morgan fingerprint density at radius 3 is 1.05 bits per heavy atom. The third-order valence-corrected chi connectivity index (χ3v) is 8.22. The average Bonchev–Trinajstić information content (AvgIpc) is 3.03. The minimum atomic E-state index is 1.24. The summed E-state index contributed by atoms with van der Waals surface area (Å²) in [6, 6.07) is 57.7. The van der Waals surface area contributed by atoms with Gasteiger partial charge in [0.15, 0.2) is 0 Å². The summed E-state index contributed by atoms with van der Waals surface area (Å²) < 4.78 is 0. The minimum Gasteiger partial charge on any atom is -0.0616 e. The van der Waals surface area contributed by atoms with Gasteiger partial charge in [0.05, 0.1) is 0 Å². The molecular formula is C40H26. The van der Waals surface area contributed by atoms with Crippen molar-refractivity contribution in [3.63, 3.8) is 0 Å². The first-order chi connectivity index (χ1) is 19.8. The van der Waals surface area contributed by atoms with Gasteiger partial charge in [0, 0.05) is 0 Å². The molecule has 0 aromatic heterocycles. The molecule has 0 N–H and O–H groups in total. The predicted molar refractivity (Wildman–Crippen MR) is 173 cm³/mol. The van der Waals surface area contributed by atoms with Crippen molar-refractivity contribution >= 4 is 43.1 Å². The lowest BCUT2D eigenvalue weighted by molar-refractivity contribution is 1.65. The fourth-order valence-electron chi connectivity index (χ4n) is 6.13. The number of hydrogen-bond donors (Lipinski definition) is 0. The number of hydrogen-bond acceptors (Lipinski definition) is 0. The van der Waals surface area contributed by atoms with E-state index in [0.29, 0.717) is 0 Å². The molecule has 0 fully saturated rings. The molecule has 0 saturated heterocycles. The Balaban J connectivity index is 1.21. The molecule has 0 bridgehead atoms. The van der Waals surface area contributed by atoms with Crippen molar-refractivity contribution in [2.45, 2.75) is 0 Å². The first-order valence-corrected chi connectivity index (χ1v) is 13.8. The summed E-state index contributed by atoms with van der Waals surface area (Å²) in [7, 11) is 0. The molecule has 0 unspecified atom stereocenters. The quantitative estimate of drug-likeness (QED) is 0.223. The largest absolute Gasteiger partial charge is 0.0616 e. The van der Waals surface area contributed by atoms with Crippen LogP contribution >= 0.6 is 0 Å². The molecular weight excluding hydrogens is 480 g/mol. The van der Waals surface area contributed by atoms with Gasteiger partial charge in [0.2, 0.25) is 0 Å². The molecule has 8 aromatic carbocycles. The molecule has 0 aliphatic rings. The van der Waals surface area contributed by atoms with E-state index in [1.54, 1.807) is 0 Å². The number of fused-ring (bicyclic) bond motifs is 4. The summed E-state index contributed by atoms with van der Waals surface area (Å²) in [4.78, 5) is 0. The Bertz CT molecular complexity index is 2220. The molecule has 0 aliphatic heterocycles. The molecule has 0 atom stereocenters. The normalized spacial score (nSPS) is 11.5. The van der Waals surface area contributed by atoms with E-state index in [1.807, 2.05) is 0 Å². The molecule has 40 heavy (non-hydrogen) atoms. The SMILES string of the molecule is c1ccc2cc(-c3ccc4cc(-c5cccc6c(-c7ccc8ccccc8c7)cccc56)ccc4c3)ccc2c1. The first-order valence-electron chi connectivity index (χ1n) is 13.8. The van der Waals surface area contributed by atoms with Crippen LogP contribution in [0.1, 0.15) is 0 Å². The third kappa shape index (κ3) is 3.85. The lowest BCUT2D eigenvalue weighted by atomic mass is 9.91. The van der Waals surface area contributed by atoms with E-state index in [2.05, 4.69) is 158 Å². The van der Waals surface area contributed by atoms with Crippen molar-refractivity contribution in [1.29, 1.82) is 0 Å². The van der Waals surface area contributed by atoms with Gasteiger partial charge in [-0.3, -0.25) is 0 Å². The molecule has 0 aliphatic carbocycles. The zero-order valence-corrected chi connectivity index (χ0v) is 22.0. The summed E-state index contributed by atoms with van der Waals surface area (Å²) in [5.74, 6) is 0. The highest BCUT2D eigenvalue weighted by Crippen LogP contribution is 2.37. The van der Waals surface area contributed by atoms with Gasteiger partial charge in [-0.25, -0.2) is 0 Å². The Hall–Kier alpha value is -5.20. The summed E-state index contributed by atoms with van der Waals surface area (Å²) in [6.45, 7) is 0. The summed E-state index contributed by atoms with van der Waals surface area (Å²) in [6.07, 6.45) is 0. The van der Waals surface area contributed by atoms with Gasteiger partial charge in [-0.15, -0.1) is 0 Å². The molecule has 0 saturated carbocycles. The second-order valence-electron chi connectivity index (χ2n) is 10.6. The van der Waals surface area contributed by atoms with E-state index in [9.17, 15) is 0 Å². The van der Waals surface area contributed by atoms with E-state index in [4.69, 9.17) is 0 Å². The lowest BCUT2D eigenvalue weighted by Crippen LogP contribution is -1.86. The molecule has 0 nitrogen and oxygen atoms in total. The maximum atomic E-state index is 2.33. The minimum absolute atomic E-state index is 1.24. The molecule has 0 amide bonds. The second-order valence-corrected chi connectivity index (χ2v) is 10.6. The molecule has 0 radical (unpaired) electrons. The summed E-state index contributed by atoms with van der Waals surface area (Å²) >= 11 is 0. The van der Waals surface area contributed by atoms with Crippen LogP contribution in [0.3, 0.4) is 0 Å². The topological polar surface area (TPSA) is 0 Å². The maximum Gasteiger partial charge on any atom is -0.00992 e. The van der Waals surface area contributed by atoms with Gasteiger partial charge in [-0.1, -0.05) is 133 Å². The van der Waals surface area contributed by atoms with Crippen molar-refractivity contribution in [3.05, 3.63) is 158 Å². The summed E-state index contributed by atoms with van der Waals surface area (Å²) in [5.41, 5.74) is 7.52. The van der Waals surface area contributed by atoms with Crippen LogP contribution in [0.5, 0.6) is 0 Å². The van der Waals surface area contributed by atoms with Crippen LogP contribution < -0.4 is 0 Å². The molecule has 0 heteroatoms. The van der Waals surface area contributed by atoms with Crippen molar-refractivity contribution in [2.24, 2.45) is 0 Å². The molecule has 8 aromatic rings. The molecule has 0 heterocycles. The van der Waals surface area contributed by atoms with Gasteiger partial charge in [-0.05, 0) is 101 Å². The van der Waals surface area contributed by atoms with E-state index >= 15 is 0 Å². The van der Waals surface area contributed by atoms with Gasteiger partial charge in [0.1, 0.15) is 0 Å². The zero-order chi connectivity index (χ0) is 26.5. The highest BCUT2D eigenvalue weighted by molar-refractivity contribution is 6.06. The van der Waals surface area contributed by atoms with E-state index in [-0.39, 0.29) is 0 Å². The molecule has 0 spiro atoms. The highest BCUT2D eigenvalue weighted by Gasteiger charge is 2.10. The van der Waals surface area contributed by atoms with Crippen LogP contribution in [-0.2, 0) is 0 Å². The van der Waals surface area contributed by atoms with Crippen molar-refractivity contribution in [3.8, 4) is 33.4 Å². The third-order valence-electron chi connectivity index (χ3n) is 8.22. The fourth-order valence-corrected chi connectivity index (χ4v) is 6.13. The standard InChI is InChI=1S/C40H26/c1-3-9-29-23-31(17-15-27(29)7-1)32-18-19-34-26-36(22-20-33(34)24-32)38-12-6-13-39-37(11-5-14-40(38)39)35-21-16-28-8-2-4-10-30(28)25-35/h1-26H. The zero-order valence-electron chi connectivity index (χ0n) is 22.0. The van der Waals surface area contributed by atoms with Crippen LogP contribution in [0.15, 0.2) is 158 Å². The van der Waals surface area contributed by atoms with Crippen LogP contribution in [0.4, 0.5) is 0 Å². The van der Waals surface area contributed by atoms with E-state index in [1.165, 1.54) is 76.5 Å². The van der Waals surface area contributed by atoms with Crippen molar-refractivity contribution in [2.75, 3.05) is 0 Å². The predicted octanol–water partition coefficient (Wildman–Crippen LogP) is 11.3. The average molecular weight is 507 g/mol. The Kier molecular flexibility index (Phi) is 5.24. The van der Waals surface area contributed by atoms with Gasteiger partial charge >= 0.3 is 0 Å². The van der Waals surface area contributed by atoms with Crippen LogP contribution in [-0.4, -0.2) is 0 Å².